The third-order valence-corrected chi connectivity index (χ3v) is 8.47. The van der Waals surface area contributed by atoms with E-state index in [1.165, 1.54) is 81.4 Å². The number of piperidine rings is 2. The van der Waals surface area contributed by atoms with Crippen LogP contribution in [0.1, 0.15) is 83.4 Å². The number of nitrogens with one attached hydrogen (secondary N) is 1. The van der Waals surface area contributed by atoms with Crippen molar-refractivity contribution >= 4 is 0 Å². The van der Waals surface area contributed by atoms with E-state index in [4.69, 9.17) is 0 Å². The minimum absolute atomic E-state index is 0.116. The minimum Gasteiger partial charge on any atom is -0.309 e. The maximum Gasteiger partial charge on any atom is 0.0233 e. The fraction of sp³-hybridized carbons (Fsp3) is 0.636. The summed E-state index contributed by atoms with van der Waals surface area (Å²) in [6.45, 7) is 17.8. The number of nitrogens with zero attached hydrogens (tertiary/aromatic N) is 2. The van der Waals surface area contributed by atoms with Crippen LogP contribution in [-0.4, -0.2) is 53.1 Å². The van der Waals surface area contributed by atoms with Gasteiger partial charge in [-0.1, -0.05) is 54.6 Å². The molecule has 0 aliphatic carbocycles. The van der Waals surface area contributed by atoms with Crippen LogP contribution in [0.4, 0.5) is 0 Å². The standard InChI is InChI=1S/C33H51N3/c1-32(2,3)36-22-16-27(17-23-36)14-15-28-12-9-13-30(24-28)25-33(4,5)34-31-18-20-35(21-19-31)26-29-10-7-6-8-11-29/h6-13,24,27,31,34H,14-23,25-26H2,1-5H3. The van der Waals surface area contributed by atoms with E-state index >= 15 is 0 Å². The summed E-state index contributed by atoms with van der Waals surface area (Å²) in [5.74, 6) is 0.887. The van der Waals surface area contributed by atoms with E-state index < -0.39 is 0 Å². The summed E-state index contributed by atoms with van der Waals surface area (Å²) < 4.78 is 0. The van der Waals surface area contributed by atoms with E-state index in [1.807, 2.05) is 0 Å². The molecule has 2 aliphatic heterocycles. The second-order valence-corrected chi connectivity index (χ2v) is 13.2. The molecular formula is C33H51N3. The van der Waals surface area contributed by atoms with E-state index in [2.05, 4.69) is 104 Å². The lowest BCUT2D eigenvalue weighted by Crippen LogP contribution is -2.51. The summed E-state index contributed by atoms with van der Waals surface area (Å²) in [5.41, 5.74) is 4.87. The van der Waals surface area contributed by atoms with E-state index in [9.17, 15) is 0 Å². The van der Waals surface area contributed by atoms with Crippen LogP contribution < -0.4 is 5.32 Å². The molecule has 3 nitrogen and oxygen atoms in total. The number of rotatable bonds is 9. The molecule has 1 N–H and O–H groups in total. The Labute approximate surface area is 221 Å². The monoisotopic (exact) mass is 489 g/mol. The van der Waals surface area contributed by atoms with Gasteiger partial charge in [-0.25, -0.2) is 0 Å². The van der Waals surface area contributed by atoms with E-state index in [-0.39, 0.29) is 5.54 Å². The number of benzene rings is 2. The highest BCUT2D eigenvalue weighted by atomic mass is 15.2. The molecule has 2 heterocycles. The van der Waals surface area contributed by atoms with Crippen LogP contribution in [0, 0.1) is 5.92 Å². The van der Waals surface area contributed by atoms with Crippen molar-refractivity contribution in [1.29, 1.82) is 0 Å². The molecule has 2 aliphatic rings. The number of hydrogen-bond donors (Lipinski definition) is 1. The molecule has 3 heteroatoms. The van der Waals surface area contributed by atoms with Gasteiger partial charge in [-0.15, -0.1) is 0 Å². The van der Waals surface area contributed by atoms with Gasteiger partial charge in [0.25, 0.3) is 0 Å². The molecule has 0 bridgehead atoms. The Hall–Kier alpha value is -1.68. The molecule has 2 saturated heterocycles. The average molecular weight is 490 g/mol. The van der Waals surface area contributed by atoms with Crippen molar-refractivity contribution in [1.82, 2.24) is 15.1 Å². The van der Waals surface area contributed by atoms with Gasteiger partial charge >= 0.3 is 0 Å². The lowest BCUT2D eigenvalue weighted by molar-refractivity contribution is 0.0855. The van der Waals surface area contributed by atoms with Crippen LogP contribution in [0.15, 0.2) is 54.6 Å². The van der Waals surface area contributed by atoms with Crippen molar-refractivity contribution in [3.8, 4) is 0 Å². The smallest absolute Gasteiger partial charge is 0.0233 e. The predicted octanol–water partition coefficient (Wildman–Crippen LogP) is 6.71. The van der Waals surface area contributed by atoms with Gasteiger partial charge in [0.15, 0.2) is 0 Å². The van der Waals surface area contributed by atoms with Gasteiger partial charge in [-0.2, -0.15) is 0 Å². The predicted molar refractivity (Wildman–Crippen MR) is 154 cm³/mol. The number of hydrogen-bond acceptors (Lipinski definition) is 3. The Kier molecular flexibility index (Phi) is 9.30. The summed E-state index contributed by atoms with van der Waals surface area (Å²) in [5, 5.41) is 4.02. The average Bonchev–Trinajstić information content (AvgIpc) is 2.84. The Morgan fingerprint density at radius 1 is 0.750 bits per heavy atom. The normalized spacial score (nSPS) is 19.6. The molecule has 198 valence electrons. The van der Waals surface area contributed by atoms with Crippen molar-refractivity contribution in [2.45, 2.75) is 103 Å². The minimum atomic E-state index is 0.116. The zero-order valence-electron chi connectivity index (χ0n) is 23.7. The van der Waals surface area contributed by atoms with Crippen molar-refractivity contribution < 1.29 is 0 Å². The van der Waals surface area contributed by atoms with Crippen LogP contribution in [0.3, 0.4) is 0 Å². The van der Waals surface area contributed by atoms with E-state index in [0.717, 1.165) is 18.9 Å². The highest BCUT2D eigenvalue weighted by molar-refractivity contribution is 5.25. The molecule has 0 saturated carbocycles. The highest BCUT2D eigenvalue weighted by Gasteiger charge is 2.28. The van der Waals surface area contributed by atoms with E-state index in [1.54, 1.807) is 0 Å². The lowest BCUT2D eigenvalue weighted by atomic mass is 9.87. The highest BCUT2D eigenvalue weighted by Crippen LogP contribution is 2.27. The fourth-order valence-electron chi connectivity index (χ4n) is 6.35. The Bertz CT molecular complexity index is 913. The topological polar surface area (TPSA) is 18.5 Å². The lowest BCUT2D eigenvalue weighted by Gasteiger charge is -2.41. The van der Waals surface area contributed by atoms with Gasteiger partial charge in [0, 0.05) is 23.7 Å². The zero-order valence-corrected chi connectivity index (χ0v) is 23.7. The first-order valence-electron chi connectivity index (χ1n) is 14.5. The Morgan fingerprint density at radius 3 is 2.06 bits per heavy atom. The largest absolute Gasteiger partial charge is 0.309 e. The maximum absolute atomic E-state index is 4.02. The molecule has 0 spiro atoms. The van der Waals surface area contributed by atoms with Gasteiger partial charge in [0.1, 0.15) is 0 Å². The summed E-state index contributed by atoms with van der Waals surface area (Å²) in [6, 6.07) is 21.0. The molecule has 4 rings (SSSR count). The number of aryl methyl sites for hydroxylation is 1. The quantitative estimate of drug-likeness (QED) is 0.422. The molecule has 0 radical (unpaired) electrons. The van der Waals surface area contributed by atoms with Crippen LogP contribution in [0.25, 0.3) is 0 Å². The SMILES string of the molecule is CC(C)(Cc1cccc(CCC2CCN(C(C)(C)C)CC2)c1)NC1CCN(Cc2ccccc2)CC1. The van der Waals surface area contributed by atoms with Gasteiger partial charge in [-0.05, 0) is 128 Å². The molecule has 36 heavy (non-hydrogen) atoms. The van der Waals surface area contributed by atoms with Gasteiger partial charge < -0.3 is 5.32 Å². The van der Waals surface area contributed by atoms with Crippen LogP contribution in [-0.2, 0) is 19.4 Å². The summed E-state index contributed by atoms with van der Waals surface area (Å²) in [4.78, 5) is 5.27. The third-order valence-electron chi connectivity index (χ3n) is 8.47. The Balaban J connectivity index is 1.20. The van der Waals surface area contributed by atoms with Crippen molar-refractivity contribution in [3.63, 3.8) is 0 Å². The van der Waals surface area contributed by atoms with Crippen molar-refractivity contribution in [2.75, 3.05) is 26.2 Å². The molecule has 2 aromatic rings. The number of likely N-dealkylation sites (tertiary alicyclic amines) is 2. The van der Waals surface area contributed by atoms with Crippen LogP contribution in [0.5, 0.6) is 0 Å². The van der Waals surface area contributed by atoms with E-state index in [0.29, 0.717) is 11.6 Å². The first kappa shape index (κ1) is 27.4. The fourth-order valence-corrected chi connectivity index (χ4v) is 6.35. The summed E-state index contributed by atoms with van der Waals surface area (Å²) in [6.07, 6.45) is 8.85. The van der Waals surface area contributed by atoms with Gasteiger partial charge in [-0.3, -0.25) is 9.80 Å². The summed E-state index contributed by atoms with van der Waals surface area (Å²) in [7, 11) is 0. The first-order chi connectivity index (χ1) is 17.2. The molecular weight excluding hydrogens is 438 g/mol. The molecule has 2 fully saturated rings. The Morgan fingerprint density at radius 2 is 1.39 bits per heavy atom. The van der Waals surface area contributed by atoms with Crippen molar-refractivity contribution in [2.24, 2.45) is 5.92 Å². The van der Waals surface area contributed by atoms with Crippen LogP contribution >= 0.6 is 0 Å². The second kappa shape index (κ2) is 12.2. The third kappa shape index (κ3) is 8.43. The first-order valence-corrected chi connectivity index (χ1v) is 14.5. The summed E-state index contributed by atoms with van der Waals surface area (Å²) >= 11 is 0. The molecule has 0 aromatic heterocycles. The van der Waals surface area contributed by atoms with Gasteiger partial charge in [0.05, 0.1) is 0 Å². The molecule has 2 aromatic carbocycles. The second-order valence-electron chi connectivity index (χ2n) is 13.2. The van der Waals surface area contributed by atoms with Crippen molar-refractivity contribution in [3.05, 3.63) is 71.3 Å². The molecule has 0 amide bonds. The van der Waals surface area contributed by atoms with Gasteiger partial charge in [0.2, 0.25) is 0 Å². The van der Waals surface area contributed by atoms with Crippen LogP contribution in [0.2, 0.25) is 0 Å². The zero-order chi connectivity index (χ0) is 25.6. The maximum atomic E-state index is 4.02. The molecule has 0 unspecified atom stereocenters. The molecule has 0 atom stereocenters.